The average molecular weight is 304 g/mol. The van der Waals surface area contributed by atoms with Crippen LogP contribution in [0.4, 0.5) is 13.2 Å². The summed E-state index contributed by atoms with van der Waals surface area (Å²) in [7, 11) is 0. The Kier molecular flexibility index (Phi) is 5.69. The van der Waals surface area contributed by atoms with Crippen LogP contribution < -0.4 is 5.32 Å². The summed E-state index contributed by atoms with van der Waals surface area (Å²) in [6.07, 6.45) is -1.52. The number of aliphatic carboxylic acids is 1. The van der Waals surface area contributed by atoms with Gasteiger partial charge in [-0.15, -0.1) is 0 Å². The highest BCUT2D eigenvalue weighted by Crippen LogP contribution is 2.28. The van der Waals surface area contributed by atoms with E-state index in [4.69, 9.17) is 5.11 Å². The number of carbonyl (C=O) groups is 2. The lowest BCUT2D eigenvalue weighted by Crippen LogP contribution is -2.40. The maximum absolute atomic E-state index is 12.5. The molecule has 8 heteroatoms. The lowest BCUT2D eigenvalue weighted by Gasteiger charge is -2.14. The molecule has 21 heavy (non-hydrogen) atoms. The van der Waals surface area contributed by atoms with Gasteiger partial charge in [0.25, 0.3) is 5.91 Å². The minimum absolute atomic E-state index is 0.212. The van der Waals surface area contributed by atoms with Crippen LogP contribution in [0.25, 0.3) is 0 Å². The lowest BCUT2D eigenvalue weighted by molar-refractivity contribution is -0.139. The van der Waals surface area contributed by atoms with Crippen LogP contribution in [0.2, 0.25) is 0 Å². The number of carbonyl (C=O) groups excluding carboxylic acids is 1. The Bertz CT molecular complexity index is 518. The van der Waals surface area contributed by atoms with E-state index in [0.717, 1.165) is 12.6 Å². The molecule has 1 atom stereocenters. The van der Waals surface area contributed by atoms with Crippen LogP contribution in [0.5, 0.6) is 0 Å². The second kappa shape index (κ2) is 7.05. The first kappa shape index (κ1) is 16.9. The van der Waals surface area contributed by atoms with Gasteiger partial charge in [-0.2, -0.15) is 13.2 Å². The van der Waals surface area contributed by atoms with Gasteiger partial charge in [0, 0.05) is 12.4 Å². The van der Waals surface area contributed by atoms with Gasteiger partial charge in [0.05, 0.1) is 11.1 Å². The molecule has 0 aliphatic heterocycles. The number of alkyl halides is 3. The second-order valence-electron chi connectivity index (χ2n) is 4.47. The van der Waals surface area contributed by atoms with Gasteiger partial charge >= 0.3 is 12.1 Å². The van der Waals surface area contributed by atoms with Crippen molar-refractivity contribution in [3.63, 3.8) is 0 Å². The Morgan fingerprint density at radius 1 is 1.38 bits per heavy atom. The van der Waals surface area contributed by atoms with Crippen molar-refractivity contribution in [2.75, 3.05) is 0 Å². The summed E-state index contributed by atoms with van der Waals surface area (Å²) < 4.78 is 37.6. The number of nitrogens with zero attached hydrogens (tertiary/aromatic N) is 1. The molecule has 0 saturated carbocycles. The van der Waals surface area contributed by atoms with Crippen molar-refractivity contribution in [1.82, 2.24) is 10.3 Å². The average Bonchev–Trinajstić information content (AvgIpc) is 2.42. The molecule has 1 heterocycles. The number of pyridine rings is 1. The molecule has 1 aromatic rings. The third-order valence-corrected chi connectivity index (χ3v) is 2.78. The smallest absolute Gasteiger partial charge is 0.417 e. The van der Waals surface area contributed by atoms with Crippen molar-refractivity contribution in [3.05, 3.63) is 29.6 Å². The highest BCUT2D eigenvalue weighted by atomic mass is 19.4. The molecule has 0 spiro atoms. The molecule has 116 valence electrons. The molecule has 0 radical (unpaired) electrons. The summed E-state index contributed by atoms with van der Waals surface area (Å²) in [5.41, 5.74) is -1.39. The quantitative estimate of drug-likeness (QED) is 0.846. The predicted molar refractivity (Wildman–Crippen MR) is 67.7 cm³/mol. The van der Waals surface area contributed by atoms with Crippen molar-refractivity contribution in [1.29, 1.82) is 0 Å². The van der Waals surface area contributed by atoms with E-state index in [9.17, 15) is 22.8 Å². The molecule has 0 aliphatic rings. The summed E-state index contributed by atoms with van der Waals surface area (Å²) in [6.45, 7) is 1.86. The van der Waals surface area contributed by atoms with Gasteiger partial charge in [-0.25, -0.2) is 4.79 Å². The fourth-order valence-corrected chi connectivity index (χ4v) is 1.63. The number of aromatic nitrogens is 1. The molecule has 0 bridgehead atoms. The topological polar surface area (TPSA) is 79.3 Å². The van der Waals surface area contributed by atoms with E-state index >= 15 is 0 Å². The van der Waals surface area contributed by atoms with Gasteiger partial charge in [-0.05, 0) is 12.5 Å². The number of nitrogens with one attached hydrogen (secondary N) is 1. The first-order valence-corrected chi connectivity index (χ1v) is 6.31. The Morgan fingerprint density at radius 3 is 2.57 bits per heavy atom. The number of carboxylic acid groups (broad SMARTS) is 1. The first-order valence-electron chi connectivity index (χ1n) is 6.31. The summed E-state index contributed by atoms with van der Waals surface area (Å²) in [5.74, 6) is -2.12. The van der Waals surface area contributed by atoms with Crippen LogP contribution in [0.1, 0.15) is 42.1 Å². The fourth-order valence-electron chi connectivity index (χ4n) is 1.63. The number of amides is 1. The molecule has 2 N–H and O–H groups in total. The van der Waals surface area contributed by atoms with Crippen LogP contribution in [0, 0.1) is 0 Å². The standard InChI is InChI=1S/C13H15F3N2O3/c1-2-3-4-10(12(20)21)18-11(19)8-5-9(7-17-6-8)13(14,15)16/h5-7,10H,2-4H2,1H3,(H,18,19)(H,20,21)/t10-/m0/s1. The first-order chi connectivity index (χ1) is 9.75. The van der Waals surface area contributed by atoms with E-state index in [1.54, 1.807) is 0 Å². The summed E-state index contributed by atoms with van der Waals surface area (Å²) in [5, 5.41) is 11.2. The predicted octanol–water partition coefficient (Wildman–Crippen LogP) is 2.47. The van der Waals surface area contributed by atoms with Crippen molar-refractivity contribution in [2.24, 2.45) is 0 Å². The summed E-state index contributed by atoms with van der Waals surface area (Å²) >= 11 is 0. The number of hydrogen-bond acceptors (Lipinski definition) is 3. The fraction of sp³-hybridized carbons (Fsp3) is 0.462. The number of unbranched alkanes of at least 4 members (excludes halogenated alkanes) is 1. The highest BCUT2D eigenvalue weighted by Gasteiger charge is 2.32. The van der Waals surface area contributed by atoms with Gasteiger partial charge in [-0.1, -0.05) is 19.8 Å². The molecule has 0 aromatic carbocycles. The zero-order valence-electron chi connectivity index (χ0n) is 11.3. The third-order valence-electron chi connectivity index (χ3n) is 2.78. The monoisotopic (exact) mass is 304 g/mol. The Hall–Kier alpha value is -2.12. The molecular weight excluding hydrogens is 289 g/mol. The van der Waals surface area contributed by atoms with E-state index in [1.165, 1.54) is 0 Å². The van der Waals surface area contributed by atoms with E-state index in [2.05, 4.69) is 10.3 Å². The van der Waals surface area contributed by atoms with Gasteiger partial charge in [0.1, 0.15) is 6.04 Å². The Balaban J connectivity index is 2.85. The number of carboxylic acids is 1. The van der Waals surface area contributed by atoms with E-state index < -0.39 is 29.7 Å². The van der Waals surface area contributed by atoms with Gasteiger partial charge in [0.2, 0.25) is 0 Å². The molecule has 0 aliphatic carbocycles. The molecule has 0 fully saturated rings. The van der Waals surface area contributed by atoms with Crippen LogP contribution in [0.3, 0.4) is 0 Å². The maximum atomic E-state index is 12.5. The molecule has 1 rings (SSSR count). The van der Waals surface area contributed by atoms with Crippen molar-refractivity contribution >= 4 is 11.9 Å². The van der Waals surface area contributed by atoms with Crippen LogP contribution in [-0.2, 0) is 11.0 Å². The lowest BCUT2D eigenvalue weighted by atomic mass is 10.1. The SMILES string of the molecule is CCCC[C@H](NC(=O)c1cncc(C(F)(F)F)c1)C(=O)O. The van der Waals surface area contributed by atoms with Gasteiger partial charge < -0.3 is 10.4 Å². The van der Waals surface area contributed by atoms with Crippen molar-refractivity contribution in [3.8, 4) is 0 Å². The molecule has 1 amide bonds. The van der Waals surface area contributed by atoms with Crippen LogP contribution >= 0.6 is 0 Å². The second-order valence-corrected chi connectivity index (χ2v) is 4.47. The van der Waals surface area contributed by atoms with Gasteiger partial charge in [-0.3, -0.25) is 9.78 Å². The Labute approximate surface area is 119 Å². The molecular formula is C13H15F3N2O3. The highest BCUT2D eigenvalue weighted by molar-refractivity contribution is 5.96. The minimum atomic E-state index is -4.61. The molecule has 0 unspecified atom stereocenters. The third kappa shape index (κ3) is 5.05. The van der Waals surface area contributed by atoms with Crippen LogP contribution in [0.15, 0.2) is 18.5 Å². The maximum Gasteiger partial charge on any atom is 0.417 e. The molecule has 0 saturated heterocycles. The minimum Gasteiger partial charge on any atom is -0.480 e. The summed E-state index contributed by atoms with van der Waals surface area (Å²) in [6, 6.07) is -0.492. The van der Waals surface area contributed by atoms with Gasteiger partial charge in [0.15, 0.2) is 0 Å². The van der Waals surface area contributed by atoms with Crippen molar-refractivity contribution < 1.29 is 27.9 Å². The zero-order chi connectivity index (χ0) is 16.0. The number of rotatable bonds is 6. The van der Waals surface area contributed by atoms with E-state index in [-0.39, 0.29) is 12.0 Å². The van der Waals surface area contributed by atoms with E-state index in [0.29, 0.717) is 18.7 Å². The summed E-state index contributed by atoms with van der Waals surface area (Å²) in [4.78, 5) is 26.2. The van der Waals surface area contributed by atoms with E-state index in [1.807, 2.05) is 6.92 Å². The largest absolute Gasteiger partial charge is 0.480 e. The normalized spacial score (nSPS) is 12.8. The molecule has 5 nitrogen and oxygen atoms in total. The van der Waals surface area contributed by atoms with Crippen LogP contribution in [-0.4, -0.2) is 28.0 Å². The van der Waals surface area contributed by atoms with Crippen molar-refractivity contribution in [2.45, 2.75) is 38.4 Å². The number of halogens is 3. The molecule has 1 aromatic heterocycles. The zero-order valence-corrected chi connectivity index (χ0v) is 11.3. The Morgan fingerprint density at radius 2 is 2.05 bits per heavy atom. The number of hydrogen-bond donors (Lipinski definition) is 2.